The molecule has 6 heteroatoms. The van der Waals surface area contributed by atoms with Gasteiger partial charge >= 0.3 is 0 Å². The number of aromatic nitrogens is 1. The summed E-state index contributed by atoms with van der Waals surface area (Å²) < 4.78 is 0. The molecule has 1 heterocycles. The molecular weight excluding hydrogens is 222 g/mol. The second-order valence-electron chi connectivity index (χ2n) is 3.07. The van der Waals surface area contributed by atoms with Gasteiger partial charge in [0, 0.05) is 6.61 Å². The summed E-state index contributed by atoms with van der Waals surface area (Å²) in [7, 11) is 0. The van der Waals surface area contributed by atoms with E-state index >= 15 is 0 Å². The zero-order valence-corrected chi connectivity index (χ0v) is 8.59. The first kappa shape index (κ1) is 12.2. The lowest BCUT2D eigenvalue weighted by Gasteiger charge is -2.16. The molecule has 0 aliphatic heterocycles. The van der Waals surface area contributed by atoms with E-state index in [-0.39, 0.29) is 29.6 Å². The molecule has 0 saturated heterocycles. The summed E-state index contributed by atoms with van der Waals surface area (Å²) in [6.45, 7) is -0.232. The summed E-state index contributed by atoms with van der Waals surface area (Å²) in [5.74, 6) is -0.190. The average molecular weight is 234 g/mol. The SMILES string of the molecule is OCCC(O)C(O)c1ccc(O)c(Cl)n1. The lowest BCUT2D eigenvalue weighted by molar-refractivity contribution is 0.00189. The number of aliphatic hydroxyl groups is 3. The molecule has 84 valence electrons. The predicted molar refractivity (Wildman–Crippen MR) is 53.6 cm³/mol. The first-order valence-corrected chi connectivity index (χ1v) is 4.76. The lowest BCUT2D eigenvalue weighted by Crippen LogP contribution is -2.20. The summed E-state index contributed by atoms with van der Waals surface area (Å²) in [6, 6.07) is 2.63. The molecule has 0 bridgehead atoms. The molecular formula is C9H12ClNO4. The smallest absolute Gasteiger partial charge is 0.171 e. The fraction of sp³-hybridized carbons (Fsp3) is 0.444. The first-order valence-electron chi connectivity index (χ1n) is 4.38. The van der Waals surface area contributed by atoms with E-state index in [1.807, 2.05) is 0 Å². The number of aromatic hydroxyl groups is 1. The number of halogens is 1. The third kappa shape index (κ3) is 3.04. The molecule has 0 aromatic carbocycles. The second-order valence-corrected chi connectivity index (χ2v) is 3.43. The van der Waals surface area contributed by atoms with Crippen LogP contribution in [0.4, 0.5) is 0 Å². The van der Waals surface area contributed by atoms with Crippen molar-refractivity contribution in [2.75, 3.05) is 6.61 Å². The third-order valence-electron chi connectivity index (χ3n) is 1.94. The molecule has 15 heavy (non-hydrogen) atoms. The van der Waals surface area contributed by atoms with Crippen LogP contribution in [-0.2, 0) is 0 Å². The molecule has 5 nitrogen and oxygen atoms in total. The van der Waals surface area contributed by atoms with E-state index in [4.69, 9.17) is 21.8 Å². The van der Waals surface area contributed by atoms with Crippen molar-refractivity contribution in [2.24, 2.45) is 0 Å². The normalized spacial score (nSPS) is 14.9. The highest BCUT2D eigenvalue weighted by molar-refractivity contribution is 6.30. The van der Waals surface area contributed by atoms with E-state index in [1.165, 1.54) is 12.1 Å². The quantitative estimate of drug-likeness (QED) is 0.558. The number of aliphatic hydroxyl groups excluding tert-OH is 3. The Kier molecular flexibility index (Phi) is 4.28. The van der Waals surface area contributed by atoms with Gasteiger partial charge < -0.3 is 20.4 Å². The molecule has 1 aromatic rings. The minimum atomic E-state index is -1.23. The van der Waals surface area contributed by atoms with E-state index in [0.29, 0.717) is 0 Å². The summed E-state index contributed by atoms with van der Waals surface area (Å²) in [5.41, 5.74) is 0.152. The third-order valence-corrected chi connectivity index (χ3v) is 2.22. The van der Waals surface area contributed by atoms with Crippen LogP contribution < -0.4 is 0 Å². The van der Waals surface area contributed by atoms with Crippen molar-refractivity contribution >= 4 is 11.6 Å². The maximum Gasteiger partial charge on any atom is 0.171 e. The van der Waals surface area contributed by atoms with Crippen molar-refractivity contribution in [3.8, 4) is 5.75 Å². The zero-order valence-electron chi connectivity index (χ0n) is 7.84. The molecule has 4 N–H and O–H groups in total. The predicted octanol–water partition coefficient (Wildman–Crippen LogP) is 0.217. The van der Waals surface area contributed by atoms with Crippen molar-refractivity contribution in [2.45, 2.75) is 18.6 Å². The van der Waals surface area contributed by atoms with Crippen molar-refractivity contribution in [3.63, 3.8) is 0 Å². The van der Waals surface area contributed by atoms with Gasteiger partial charge in [0.05, 0.1) is 11.8 Å². The van der Waals surface area contributed by atoms with E-state index in [9.17, 15) is 10.2 Å². The molecule has 0 aliphatic carbocycles. The van der Waals surface area contributed by atoms with Crippen LogP contribution in [-0.4, -0.2) is 38.1 Å². The van der Waals surface area contributed by atoms with Crippen LogP contribution >= 0.6 is 11.6 Å². The molecule has 0 saturated carbocycles. The highest BCUT2D eigenvalue weighted by Gasteiger charge is 2.19. The van der Waals surface area contributed by atoms with Gasteiger partial charge in [0.25, 0.3) is 0 Å². The van der Waals surface area contributed by atoms with Crippen LogP contribution in [0.15, 0.2) is 12.1 Å². The summed E-state index contributed by atoms with van der Waals surface area (Å²) in [5, 5.41) is 36.5. The Hall–Kier alpha value is -0.880. The fourth-order valence-corrected chi connectivity index (χ4v) is 1.25. The van der Waals surface area contributed by atoms with Gasteiger partial charge in [0.2, 0.25) is 0 Å². The van der Waals surface area contributed by atoms with E-state index in [0.717, 1.165) is 0 Å². The monoisotopic (exact) mass is 233 g/mol. The lowest BCUT2D eigenvalue weighted by atomic mass is 10.1. The van der Waals surface area contributed by atoms with Crippen LogP contribution in [0.25, 0.3) is 0 Å². The van der Waals surface area contributed by atoms with Crippen molar-refractivity contribution in [1.82, 2.24) is 4.98 Å². The molecule has 2 unspecified atom stereocenters. The molecule has 2 atom stereocenters. The van der Waals surface area contributed by atoms with Crippen LogP contribution in [0, 0.1) is 0 Å². The van der Waals surface area contributed by atoms with E-state index in [2.05, 4.69) is 4.98 Å². The number of hydrogen-bond donors (Lipinski definition) is 4. The van der Waals surface area contributed by atoms with Crippen molar-refractivity contribution in [3.05, 3.63) is 23.0 Å². The standard InChI is InChI=1S/C9H12ClNO4/c10-9-7(14)2-1-5(11-9)8(15)6(13)3-4-12/h1-2,6,8,12-15H,3-4H2. The maximum absolute atomic E-state index is 9.57. The van der Waals surface area contributed by atoms with E-state index in [1.54, 1.807) is 0 Å². The summed E-state index contributed by atoms with van der Waals surface area (Å²) in [4.78, 5) is 3.70. The molecule has 1 aromatic heterocycles. The average Bonchev–Trinajstić information content (AvgIpc) is 2.21. The zero-order chi connectivity index (χ0) is 11.4. The minimum absolute atomic E-state index is 0.0430. The molecule has 0 spiro atoms. The molecule has 0 aliphatic rings. The van der Waals surface area contributed by atoms with Crippen LogP contribution in [0.3, 0.4) is 0 Å². The Balaban J connectivity index is 2.81. The largest absolute Gasteiger partial charge is 0.505 e. The molecule has 1 rings (SSSR count). The Morgan fingerprint density at radius 3 is 2.53 bits per heavy atom. The van der Waals surface area contributed by atoms with Gasteiger partial charge in [-0.25, -0.2) is 4.98 Å². The number of rotatable bonds is 4. The van der Waals surface area contributed by atoms with Gasteiger partial charge in [0.1, 0.15) is 6.10 Å². The second kappa shape index (κ2) is 5.27. The maximum atomic E-state index is 9.57. The minimum Gasteiger partial charge on any atom is -0.505 e. The van der Waals surface area contributed by atoms with Gasteiger partial charge in [-0.05, 0) is 18.6 Å². The van der Waals surface area contributed by atoms with Crippen LogP contribution in [0.2, 0.25) is 5.15 Å². The van der Waals surface area contributed by atoms with Gasteiger partial charge in [-0.15, -0.1) is 0 Å². The molecule has 0 amide bonds. The summed E-state index contributed by atoms with van der Waals surface area (Å²) in [6.07, 6.45) is -2.29. The van der Waals surface area contributed by atoms with Crippen LogP contribution in [0.1, 0.15) is 18.2 Å². The Morgan fingerprint density at radius 2 is 2.00 bits per heavy atom. The van der Waals surface area contributed by atoms with E-state index < -0.39 is 12.2 Å². The van der Waals surface area contributed by atoms with Crippen molar-refractivity contribution in [1.29, 1.82) is 0 Å². The van der Waals surface area contributed by atoms with Gasteiger partial charge in [0.15, 0.2) is 10.9 Å². The first-order chi connectivity index (χ1) is 7.06. The molecule has 0 fully saturated rings. The topological polar surface area (TPSA) is 93.8 Å². The summed E-state index contributed by atoms with van der Waals surface area (Å²) >= 11 is 5.54. The molecule has 0 radical (unpaired) electrons. The number of hydrogen-bond acceptors (Lipinski definition) is 5. The Morgan fingerprint density at radius 1 is 1.33 bits per heavy atom. The van der Waals surface area contributed by atoms with Crippen LogP contribution in [0.5, 0.6) is 5.75 Å². The Bertz CT molecular complexity index is 334. The Labute approximate surface area is 91.6 Å². The van der Waals surface area contributed by atoms with Gasteiger partial charge in [-0.3, -0.25) is 0 Å². The van der Waals surface area contributed by atoms with Crippen molar-refractivity contribution < 1.29 is 20.4 Å². The highest BCUT2D eigenvalue weighted by atomic mass is 35.5. The number of pyridine rings is 1. The number of nitrogens with zero attached hydrogens (tertiary/aromatic N) is 1. The van der Waals surface area contributed by atoms with Gasteiger partial charge in [-0.1, -0.05) is 11.6 Å². The highest BCUT2D eigenvalue weighted by Crippen LogP contribution is 2.24. The fourth-order valence-electron chi connectivity index (χ4n) is 1.09. The van der Waals surface area contributed by atoms with Gasteiger partial charge in [-0.2, -0.15) is 0 Å².